The Hall–Kier alpha value is -0.920. The van der Waals surface area contributed by atoms with Crippen LogP contribution >= 0.6 is 0 Å². The van der Waals surface area contributed by atoms with Crippen LogP contribution in [0.4, 0.5) is 8.78 Å². The molecule has 0 spiro atoms. The first-order valence-corrected chi connectivity index (χ1v) is 5.07. The van der Waals surface area contributed by atoms with Crippen LogP contribution in [0.1, 0.15) is 37.3 Å². The van der Waals surface area contributed by atoms with Crippen LogP contribution in [-0.2, 0) is 6.42 Å². The number of halogens is 2. The highest BCUT2D eigenvalue weighted by Crippen LogP contribution is 2.38. The van der Waals surface area contributed by atoms with Gasteiger partial charge in [0.05, 0.1) is 0 Å². The zero-order chi connectivity index (χ0) is 10.3. The first kappa shape index (κ1) is 9.63. The van der Waals surface area contributed by atoms with Gasteiger partial charge in [0.1, 0.15) is 0 Å². The van der Waals surface area contributed by atoms with E-state index in [1.807, 2.05) is 0 Å². The van der Waals surface area contributed by atoms with Crippen molar-refractivity contribution in [2.75, 3.05) is 0 Å². The molecular formula is C12H14F2. The molecule has 0 aliphatic heterocycles. The molecule has 0 saturated carbocycles. The summed E-state index contributed by atoms with van der Waals surface area (Å²) in [6.45, 7) is 4.25. The summed E-state index contributed by atoms with van der Waals surface area (Å²) in [5, 5.41) is 0. The van der Waals surface area contributed by atoms with E-state index >= 15 is 0 Å². The third kappa shape index (κ3) is 1.43. The number of rotatable bonds is 1. The fraction of sp³-hybridized carbons (Fsp3) is 0.500. The van der Waals surface area contributed by atoms with E-state index in [2.05, 4.69) is 13.8 Å². The summed E-state index contributed by atoms with van der Waals surface area (Å²) in [6.07, 6.45) is 1.91. The van der Waals surface area contributed by atoms with Gasteiger partial charge in [0.25, 0.3) is 0 Å². The standard InChI is InChI=1S/C12H14F2/c1-7(2)9-4-3-8-5-11(13)12(14)6-10(8)9/h5-7,9H,3-4H2,1-2H3. The normalized spacial score (nSPS) is 20.2. The van der Waals surface area contributed by atoms with Crippen LogP contribution in [0, 0.1) is 17.6 Å². The summed E-state index contributed by atoms with van der Waals surface area (Å²) in [7, 11) is 0. The Balaban J connectivity index is 2.45. The summed E-state index contributed by atoms with van der Waals surface area (Å²) < 4.78 is 26.0. The first-order chi connectivity index (χ1) is 6.59. The lowest BCUT2D eigenvalue weighted by molar-refractivity contribution is 0.485. The molecule has 0 nitrogen and oxygen atoms in total. The van der Waals surface area contributed by atoms with Gasteiger partial charge in [-0.15, -0.1) is 0 Å². The Bertz CT molecular complexity index is 356. The van der Waals surface area contributed by atoms with Gasteiger partial charge < -0.3 is 0 Å². The van der Waals surface area contributed by atoms with Crippen molar-refractivity contribution in [1.82, 2.24) is 0 Å². The minimum atomic E-state index is -0.715. The second kappa shape index (κ2) is 3.34. The maximum Gasteiger partial charge on any atom is 0.159 e. The molecule has 1 aliphatic rings. The Labute approximate surface area is 82.9 Å². The lowest BCUT2D eigenvalue weighted by Gasteiger charge is -2.15. The van der Waals surface area contributed by atoms with Crippen molar-refractivity contribution in [3.8, 4) is 0 Å². The number of fused-ring (bicyclic) bond motifs is 1. The van der Waals surface area contributed by atoms with Gasteiger partial charge in [-0.3, -0.25) is 0 Å². The molecule has 0 heterocycles. The van der Waals surface area contributed by atoms with E-state index in [1.54, 1.807) is 0 Å². The molecule has 0 bridgehead atoms. The van der Waals surface area contributed by atoms with Crippen LogP contribution < -0.4 is 0 Å². The quantitative estimate of drug-likeness (QED) is 0.643. The minimum absolute atomic E-state index is 0.403. The van der Waals surface area contributed by atoms with Gasteiger partial charge in [0.15, 0.2) is 11.6 Å². The number of hydrogen-bond acceptors (Lipinski definition) is 0. The largest absolute Gasteiger partial charge is 0.204 e. The molecule has 2 rings (SSSR count). The van der Waals surface area contributed by atoms with Crippen molar-refractivity contribution in [2.24, 2.45) is 5.92 Å². The van der Waals surface area contributed by atoms with Crippen molar-refractivity contribution in [2.45, 2.75) is 32.6 Å². The van der Waals surface area contributed by atoms with Crippen LogP contribution in [-0.4, -0.2) is 0 Å². The highest BCUT2D eigenvalue weighted by molar-refractivity contribution is 5.36. The van der Waals surface area contributed by atoms with Crippen LogP contribution in [0.25, 0.3) is 0 Å². The molecule has 1 aliphatic carbocycles. The molecule has 0 N–H and O–H groups in total. The molecule has 0 aromatic heterocycles. The second-order valence-electron chi connectivity index (χ2n) is 4.35. The molecular weight excluding hydrogens is 182 g/mol. The maximum absolute atomic E-state index is 13.0. The van der Waals surface area contributed by atoms with Gasteiger partial charge in [0.2, 0.25) is 0 Å². The smallest absolute Gasteiger partial charge is 0.159 e. The van der Waals surface area contributed by atoms with Crippen LogP contribution in [0.5, 0.6) is 0 Å². The summed E-state index contributed by atoms with van der Waals surface area (Å²) in [4.78, 5) is 0. The monoisotopic (exact) mass is 196 g/mol. The molecule has 1 unspecified atom stereocenters. The average molecular weight is 196 g/mol. The zero-order valence-electron chi connectivity index (χ0n) is 8.48. The molecule has 2 heteroatoms. The van der Waals surface area contributed by atoms with E-state index in [0.29, 0.717) is 11.8 Å². The fourth-order valence-corrected chi connectivity index (χ4v) is 2.32. The Morgan fingerprint density at radius 1 is 1.21 bits per heavy atom. The molecule has 14 heavy (non-hydrogen) atoms. The Morgan fingerprint density at radius 3 is 2.50 bits per heavy atom. The van der Waals surface area contributed by atoms with Crippen LogP contribution in [0.3, 0.4) is 0 Å². The van der Waals surface area contributed by atoms with Gasteiger partial charge >= 0.3 is 0 Å². The number of hydrogen-bond donors (Lipinski definition) is 0. The van der Waals surface area contributed by atoms with E-state index in [-0.39, 0.29) is 0 Å². The summed E-state index contributed by atoms with van der Waals surface area (Å²) in [6, 6.07) is 2.73. The Morgan fingerprint density at radius 2 is 1.86 bits per heavy atom. The van der Waals surface area contributed by atoms with Gasteiger partial charge in [-0.1, -0.05) is 13.8 Å². The predicted molar refractivity (Wildman–Crippen MR) is 52.3 cm³/mol. The molecule has 0 amide bonds. The van der Waals surface area contributed by atoms with E-state index in [0.717, 1.165) is 24.0 Å². The molecule has 1 aromatic carbocycles. The van der Waals surface area contributed by atoms with E-state index in [9.17, 15) is 8.78 Å². The molecule has 76 valence electrons. The summed E-state index contributed by atoms with van der Waals surface area (Å²) in [5.41, 5.74) is 2.00. The molecule has 0 fully saturated rings. The molecule has 1 atom stereocenters. The Kier molecular flexibility index (Phi) is 2.30. The van der Waals surface area contributed by atoms with Crippen LogP contribution in [0.2, 0.25) is 0 Å². The van der Waals surface area contributed by atoms with Gasteiger partial charge in [0, 0.05) is 0 Å². The molecule has 1 aromatic rings. The number of benzene rings is 1. The van der Waals surface area contributed by atoms with E-state index in [4.69, 9.17) is 0 Å². The van der Waals surface area contributed by atoms with E-state index < -0.39 is 11.6 Å². The topological polar surface area (TPSA) is 0 Å². The van der Waals surface area contributed by atoms with Crippen molar-refractivity contribution >= 4 is 0 Å². The molecule has 0 saturated heterocycles. The van der Waals surface area contributed by atoms with E-state index in [1.165, 1.54) is 12.1 Å². The zero-order valence-corrected chi connectivity index (χ0v) is 8.48. The fourth-order valence-electron chi connectivity index (χ4n) is 2.32. The average Bonchev–Trinajstić information content (AvgIpc) is 2.48. The number of aryl methyl sites for hydroxylation is 1. The third-order valence-corrected chi connectivity index (χ3v) is 3.11. The van der Waals surface area contributed by atoms with Crippen molar-refractivity contribution < 1.29 is 8.78 Å². The van der Waals surface area contributed by atoms with Gasteiger partial charge in [-0.05, 0) is 47.9 Å². The summed E-state index contributed by atoms with van der Waals surface area (Å²) >= 11 is 0. The van der Waals surface area contributed by atoms with Crippen molar-refractivity contribution in [3.63, 3.8) is 0 Å². The predicted octanol–water partition coefficient (Wildman–Crippen LogP) is 3.65. The van der Waals surface area contributed by atoms with Gasteiger partial charge in [-0.2, -0.15) is 0 Å². The van der Waals surface area contributed by atoms with Crippen molar-refractivity contribution in [3.05, 3.63) is 34.9 Å². The SMILES string of the molecule is CC(C)C1CCc2cc(F)c(F)cc21. The lowest BCUT2D eigenvalue weighted by atomic mass is 9.90. The molecule has 0 radical (unpaired) electrons. The summed E-state index contributed by atoms with van der Waals surface area (Å²) in [5.74, 6) is -0.523. The first-order valence-electron chi connectivity index (χ1n) is 5.07. The van der Waals surface area contributed by atoms with Crippen LogP contribution in [0.15, 0.2) is 12.1 Å². The lowest BCUT2D eigenvalue weighted by Crippen LogP contribution is -2.03. The second-order valence-corrected chi connectivity index (χ2v) is 4.35. The highest BCUT2D eigenvalue weighted by Gasteiger charge is 2.26. The highest BCUT2D eigenvalue weighted by atomic mass is 19.2. The third-order valence-electron chi connectivity index (χ3n) is 3.11. The van der Waals surface area contributed by atoms with Gasteiger partial charge in [-0.25, -0.2) is 8.78 Å². The minimum Gasteiger partial charge on any atom is -0.204 e. The van der Waals surface area contributed by atoms with Crippen molar-refractivity contribution in [1.29, 1.82) is 0 Å². The maximum atomic E-state index is 13.0.